The number of rotatable bonds is 3. The van der Waals surface area contributed by atoms with Crippen molar-refractivity contribution in [1.82, 2.24) is 14.5 Å². The Balaban J connectivity index is 2.07. The number of methoxy groups -OCH3 is 1. The summed E-state index contributed by atoms with van der Waals surface area (Å²) in [5, 5.41) is -0.412. The summed E-state index contributed by atoms with van der Waals surface area (Å²) in [6, 6.07) is 0.969. The zero-order valence-corrected chi connectivity index (χ0v) is 17.6. The highest BCUT2D eigenvalue weighted by Gasteiger charge is 2.44. The van der Waals surface area contributed by atoms with E-state index in [2.05, 4.69) is 9.97 Å². The first-order chi connectivity index (χ1) is 13.4. The monoisotopic (exact) mass is 447 g/mol. The fraction of sp³-hybridized carbons (Fsp3) is 0.421. The molecule has 2 aromatic rings. The van der Waals surface area contributed by atoms with E-state index in [-0.39, 0.29) is 17.6 Å². The second kappa shape index (κ2) is 7.32. The van der Waals surface area contributed by atoms with Gasteiger partial charge in [0.1, 0.15) is 17.0 Å². The Labute approximate surface area is 175 Å². The van der Waals surface area contributed by atoms with Gasteiger partial charge in [-0.2, -0.15) is 13.2 Å². The van der Waals surface area contributed by atoms with Crippen LogP contribution in [0, 0.1) is 12.3 Å². The van der Waals surface area contributed by atoms with E-state index in [0.717, 1.165) is 6.07 Å². The molecule has 2 unspecified atom stereocenters. The Morgan fingerprint density at radius 1 is 1.34 bits per heavy atom. The molecule has 1 aliphatic rings. The normalized spacial score (nSPS) is 22.4. The molecule has 3 rings (SSSR count). The van der Waals surface area contributed by atoms with Gasteiger partial charge in [-0.25, -0.2) is 14.8 Å². The van der Waals surface area contributed by atoms with Gasteiger partial charge in [-0.15, -0.1) is 11.6 Å². The molecule has 0 saturated carbocycles. The smallest absolute Gasteiger partial charge is 0.433 e. The lowest BCUT2D eigenvalue weighted by Crippen LogP contribution is -2.37. The molecular formula is C19H18Cl2F3N3O2. The summed E-state index contributed by atoms with van der Waals surface area (Å²) in [6.45, 7) is 3.31. The van der Waals surface area contributed by atoms with Gasteiger partial charge in [-0.1, -0.05) is 18.5 Å². The van der Waals surface area contributed by atoms with Gasteiger partial charge in [0.15, 0.2) is 5.65 Å². The summed E-state index contributed by atoms with van der Waals surface area (Å²) in [5.74, 6) is -0.130. The third-order valence-corrected chi connectivity index (χ3v) is 6.41. The van der Waals surface area contributed by atoms with Gasteiger partial charge in [0.25, 0.3) is 0 Å². The van der Waals surface area contributed by atoms with Crippen molar-refractivity contribution in [2.75, 3.05) is 7.11 Å². The van der Waals surface area contributed by atoms with E-state index >= 15 is 0 Å². The number of hydrogen-bond acceptors (Lipinski definition) is 4. The summed E-state index contributed by atoms with van der Waals surface area (Å²) in [5.41, 5.74) is -0.820. The van der Waals surface area contributed by atoms with Crippen molar-refractivity contribution in [2.24, 2.45) is 12.5 Å². The number of alkyl halides is 4. The Kier molecular flexibility index (Phi) is 5.47. The Bertz CT molecular complexity index is 1060. The maximum atomic E-state index is 13.1. The lowest BCUT2D eigenvalue weighted by Gasteiger charge is -2.36. The number of imidazole rings is 1. The number of halogens is 5. The van der Waals surface area contributed by atoms with Crippen molar-refractivity contribution >= 4 is 40.3 Å². The molecule has 0 aliphatic heterocycles. The van der Waals surface area contributed by atoms with Crippen LogP contribution in [0.25, 0.3) is 11.2 Å². The molecule has 0 spiro atoms. The number of fused-ring (bicyclic) bond motifs is 1. The molecule has 0 aromatic carbocycles. The highest BCUT2D eigenvalue weighted by molar-refractivity contribution is 6.33. The first kappa shape index (κ1) is 21.6. The summed E-state index contributed by atoms with van der Waals surface area (Å²) in [7, 11) is 2.84. The van der Waals surface area contributed by atoms with E-state index in [4.69, 9.17) is 27.9 Å². The molecule has 1 aliphatic carbocycles. The van der Waals surface area contributed by atoms with Crippen LogP contribution in [-0.2, 0) is 29.2 Å². The van der Waals surface area contributed by atoms with Crippen molar-refractivity contribution in [3.05, 3.63) is 45.9 Å². The maximum absolute atomic E-state index is 13.1. The standard InChI is InChI=1S/C19H18Cl2F3N3O2/c1-9-7-12(19(22,23)24)25-16-14(9)26-13(27(16)3)8-18(2)11(20)6-5-10(15(18)21)17(28)29-4/h5-7,15H,8H2,1-4H3. The molecule has 0 amide bonds. The molecule has 0 fully saturated rings. The largest absolute Gasteiger partial charge is 0.466 e. The van der Waals surface area contributed by atoms with Crippen LogP contribution in [-0.4, -0.2) is 33.0 Å². The van der Waals surface area contributed by atoms with Gasteiger partial charge < -0.3 is 9.30 Å². The highest BCUT2D eigenvalue weighted by atomic mass is 35.5. The molecule has 29 heavy (non-hydrogen) atoms. The number of esters is 1. The first-order valence-electron chi connectivity index (χ1n) is 8.60. The third-order valence-electron chi connectivity index (χ3n) is 5.13. The molecule has 0 radical (unpaired) electrons. The molecule has 2 heterocycles. The topological polar surface area (TPSA) is 57.0 Å². The average Bonchev–Trinajstić information content (AvgIpc) is 2.95. The lowest BCUT2D eigenvalue weighted by molar-refractivity contribution is -0.141. The zero-order chi connectivity index (χ0) is 21.7. The summed E-state index contributed by atoms with van der Waals surface area (Å²) < 4.78 is 45.7. The minimum Gasteiger partial charge on any atom is -0.466 e. The van der Waals surface area contributed by atoms with E-state index in [9.17, 15) is 18.0 Å². The molecule has 0 saturated heterocycles. The number of allylic oxidation sites excluding steroid dienone is 3. The minimum atomic E-state index is -4.56. The van der Waals surface area contributed by atoms with Gasteiger partial charge in [-0.3, -0.25) is 0 Å². The van der Waals surface area contributed by atoms with Crippen LogP contribution in [0.15, 0.2) is 28.8 Å². The van der Waals surface area contributed by atoms with Crippen LogP contribution in [0.2, 0.25) is 0 Å². The summed E-state index contributed by atoms with van der Waals surface area (Å²) in [4.78, 5) is 20.3. The predicted molar refractivity (Wildman–Crippen MR) is 104 cm³/mol. The lowest BCUT2D eigenvalue weighted by atomic mass is 9.76. The number of nitrogens with zero attached hydrogens (tertiary/aromatic N) is 3. The van der Waals surface area contributed by atoms with Crippen molar-refractivity contribution in [2.45, 2.75) is 31.8 Å². The molecule has 10 heteroatoms. The number of carbonyl (C=O) groups excluding carboxylic acids is 1. The summed E-state index contributed by atoms with van der Waals surface area (Å²) in [6.07, 6.45) is -1.31. The fourth-order valence-electron chi connectivity index (χ4n) is 3.34. The maximum Gasteiger partial charge on any atom is 0.433 e. The van der Waals surface area contributed by atoms with Crippen molar-refractivity contribution < 1.29 is 22.7 Å². The second-order valence-corrected chi connectivity index (χ2v) is 8.01. The van der Waals surface area contributed by atoms with Crippen LogP contribution in [0.3, 0.4) is 0 Å². The molecule has 156 valence electrons. The second-order valence-electron chi connectivity index (χ2n) is 7.17. The number of carbonyl (C=O) groups is 1. The van der Waals surface area contributed by atoms with Crippen LogP contribution in [0.5, 0.6) is 0 Å². The minimum absolute atomic E-state index is 0.113. The van der Waals surface area contributed by atoms with Crippen LogP contribution in [0.4, 0.5) is 13.2 Å². The Hall–Kier alpha value is -2.06. The van der Waals surface area contributed by atoms with E-state index in [0.29, 0.717) is 21.9 Å². The highest BCUT2D eigenvalue weighted by Crippen LogP contribution is 2.46. The fourth-order valence-corrected chi connectivity index (χ4v) is 4.00. The van der Waals surface area contributed by atoms with Crippen LogP contribution < -0.4 is 0 Å². The van der Waals surface area contributed by atoms with Gasteiger partial charge in [-0.05, 0) is 30.7 Å². The van der Waals surface area contributed by atoms with Crippen LogP contribution in [0.1, 0.15) is 24.0 Å². The predicted octanol–water partition coefficient (Wildman–Crippen LogP) is 4.69. The van der Waals surface area contributed by atoms with E-state index in [1.165, 1.54) is 17.8 Å². The molecule has 2 aromatic heterocycles. The number of ether oxygens (including phenoxy) is 1. The summed E-state index contributed by atoms with van der Waals surface area (Å²) >= 11 is 13.0. The van der Waals surface area contributed by atoms with E-state index < -0.39 is 28.6 Å². The number of hydrogen-bond donors (Lipinski definition) is 0. The quantitative estimate of drug-likeness (QED) is 0.505. The Morgan fingerprint density at radius 2 is 2.00 bits per heavy atom. The molecule has 5 nitrogen and oxygen atoms in total. The van der Waals surface area contributed by atoms with Gasteiger partial charge in [0.2, 0.25) is 0 Å². The van der Waals surface area contributed by atoms with Gasteiger partial charge in [0.05, 0.1) is 18.1 Å². The number of aromatic nitrogens is 3. The van der Waals surface area contributed by atoms with E-state index in [1.54, 1.807) is 27.0 Å². The van der Waals surface area contributed by atoms with Crippen molar-refractivity contribution in [1.29, 1.82) is 0 Å². The molecule has 2 atom stereocenters. The first-order valence-corrected chi connectivity index (χ1v) is 9.42. The molecule has 0 N–H and O–H groups in total. The van der Waals surface area contributed by atoms with Crippen molar-refractivity contribution in [3.63, 3.8) is 0 Å². The Morgan fingerprint density at radius 3 is 2.59 bits per heavy atom. The average molecular weight is 448 g/mol. The number of pyridine rings is 1. The number of aryl methyl sites for hydroxylation is 2. The third kappa shape index (κ3) is 3.64. The zero-order valence-electron chi connectivity index (χ0n) is 16.1. The van der Waals surface area contributed by atoms with Crippen LogP contribution >= 0.6 is 23.2 Å². The van der Waals surface area contributed by atoms with Crippen molar-refractivity contribution in [3.8, 4) is 0 Å². The molecule has 0 bridgehead atoms. The van der Waals surface area contributed by atoms with Gasteiger partial charge in [0, 0.05) is 23.9 Å². The molecular weight excluding hydrogens is 430 g/mol. The SMILES string of the molecule is COC(=O)C1=CC=C(Cl)C(C)(Cc2nc3c(C)cc(C(F)(F)F)nc3n2C)C1Cl. The van der Waals surface area contributed by atoms with Gasteiger partial charge >= 0.3 is 12.1 Å². The van der Waals surface area contributed by atoms with E-state index in [1.807, 2.05) is 0 Å².